The summed E-state index contributed by atoms with van der Waals surface area (Å²) in [5, 5.41) is 2.45. The fourth-order valence-corrected chi connectivity index (χ4v) is 2.69. The molecule has 0 aliphatic carbocycles. The van der Waals surface area contributed by atoms with Crippen molar-refractivity contribution in [2.45, 2.75) is 24.8 Å². The third-order valence-electron chi connectivity index (χ3n) is 2.37. The topological polar surface area (TPSA) is 72.5 Å². The number of hydrogen-bond donors (Lipinski definition) is 1. The molecular formula is C12H14Cl3NO4S. The average Bonchev–Trinajstić information content (AvgIpc) is 2.35. The van der Waals surface area contributed by atoms with E-state index in [1.165, 1.54) is 0 Å². The van der Waals surface area contributed by atoms with Crippen molar-refractivity contribution in [3.05, 3.63) is 27.7 Å². The molecule has 1 aromatic rings. The van der Waals surface area contributed by atoms with Crippen LogP contribution < -0.4 is 5.32 Å². The van der Waals surface area contributed by atoms with E-state index in [-0.39, 0.29) is 33.2 Å². The Morgan fingerprint density at radius 3 is 2.48 bits per heavy atom. The van der Waals surface area contributed by atoms with Crippen LogP contribution >= 0.6 is 33.9 Å². The molecular weight excluding hydrogens is 361 g/mol. The molecule has 9 heteroatoms. The second kappa shape index (κ2) is 7.65. The molecule has 1 amide bonds. The van der Waals surface area contributed by atoms with E-state index in [1.54, 1.807) is 0 Å². The van der Waals surface area contributed by atoms with Gasteiger partial charge in [0.2, 0.25) is 0 Å². The van der Waals surface area contributed by atoms with E-state index in [4.69, 9.17) is 38.6 Å². The summed E-state index contributed by atoms with van der Waals surface area (Å²) in [5.41, 5.74) is -0.0621. The van der Waals surface area contributed by atoms with E-state index in [1.807, 2.05) is 13.8 Å². The molecule has 5 nitrogen and oxygen atoms in total. The molecule has 0 bridgehead atoms. The van der Waals surface area contributed by atoms with Crippen molar-refractivity contribution in [1.82, 2.24) is 5.32 Å². The average molecular weight is 375 g/mol. The van der Waals surface area contributed by atoms with Gasteiger partial charge in [-0.2, -0.15) is 0 Å². The molecule has 0 unspecified atom stereocenters. The number of carbonyl (C=O) groups excluding carboxylic acids is 1. The lowest BCUT2D eigenvalue weighted by Gasteiger charge is -2.11. The van der Waals surface area contributed by atoms with Gasteiger partial charge >= 0.3 is 0 Å². The first-order valence-corrected chi connectivity index (χ1v) is 9.03. The Morgan fingerprint density at radius 2 is 1.95 bits per heavy atom. The summed E-state index contributed by atoms with van der Waals surface area (Å²) in [6, 6.07) is 2.17. The van der Waals surface area contributed by atoms with Gasteiger partial charge in [-0.05, 0) is 26.0 Å². The lowest BCUT2D eigenvalue weighted by Crippen LogP contribution is -2.28. The number of nitrogens with one attached hydrogen (secondary N) is 1. The molecule has 0 aliphatic heterocycles. The van der Waals surface area contributed by atoms with Gasteiger partial charge in [0.1, 0.15) is 0 Å². The number of carbonyl (C=O) groups is 1. The summed E-state index contributed by atoms with van der Waals surface area (Å²) in [6.07, 6.45) is 0.0460. The fourth-order valence-electron chi connectivity index (χ4n) is 1.42. The molecule has 0 atom stereocenters. The molecule has 0 aliphatic rings. The van der Waals surface area contributed by atoms with Crippen molar-refractivity contribution in [2.24, 2.45) is 0 Å². The molecule has 0 spiro atoms. The second-order valence-corrected chi connectivity index (χ2v) is 7.73. The quantitative estimate of drug-likeness (QED) is 0.613. The molecule has 1 aromatic carbocycles. The van der Waals surface area contributed by atoms with E-state index in [0.29, 0.717) is 6.61 Å². The molecule has 21 heavy (non-hydrogen) atoms. The monoisotopic (exact) mass is 373 g/mol. The van der Waals surface area contributed by atoms with Gasteiger partial charge in [-0.3, -0.25) is 4.79 Å². The SMILES string of the molecule is CC(C)OCCNC(=O)c1cc(S(=O)(=O)Cl)cc(Cl)c1Cl. The molecule has 0 saturated carbocycles. The minimum atomic E-state index is -4.01. The van der Waals surface area contributed by atoms with Crippen molar-refractivity contribution < 1.29 is 17.9 Å². The number of ether oxygens (including phenoxy) is 1. The molecule has 0 heterocycles. The standard InChI is InChI=1S/C12H14Cl3NO4S/c1-7(2)20-4-3-16-12(17)9-5-8(21(15,18)19)6-10(13)11(9)14/h5-7H,3-4H2,1-2H3,(H,16,17). The Morgan fingerprint density at radius 1 is 1.33 bits per heavy atom. The highest BCUT2D eigenvalue weighted by Crippen LogP contribution is 2.30. The Balaban J connectivity index is 2.91. The van der Waals surface area contributed by atoms with Gasteiger partial charge in [-0.15, -0.1) is 0 Å². The zero-order chi connectivity index (χ0) is 16.2. The first-order valence-electron chi connectivity index (χ1n) is 5.96. The Bertz CT molecular complexity index is 632. The predicted octanol–water partition coefficient (Wildman–Crippen LogP) is 3.08. The van der Waals surface area contributed by atoms with Crippen LogP contribution in [-0.4, -0.2) is 33.6 Å². The molecule has 0 saturated heterocycles. The zero-order valence-electron chi connectivity index (χ0n) is 11.3. The highest BCUT2D eigenvalue weighted by molar-refractivity contribution is 8.13. The number of benzene rings is 1. The van der Waals surface area contributed by atoms with Crippen molar-refractivity contribution in [2.75, 3.05) is 13.2 Å². The highest BCUT2D eigenvalue weighted by Gasteiger charge is 2.19. The summed E-state index contributed by atoms with van der Waals surface area (Å²) in [6.45, 7) is 4.31. The number of rotatable bonds is 6. The lowest BCUT2D eigenvalue weighted by atomic mass is 10.2. The van der Waals surface area contributed by atoms with Crippen molar-refractivity contribution in [3.63, 3.8) is 0 Å². The minimum absolute atomic E-state index is 0.0389. The molecule has 118 valence electrons. The van der Waals surface area contributed by atoms with Crippen LogP contribution in [0, 0.1) is 0 Å². The largest absolute Gasteiger partial charge is 0.377 e. The molecule has 0 fully saturated rings. The van der Waals surface area contributed by atoms with Crippen molar-refractivity contribution >= 4 is 48.8 Å². The lowest BCUT2D eigenvalue weighted by molar-refractivity contribution is 0.0746. The smallest absolute Gasteiger partial charge is 0.261 e. The Hall–Kier alpha value is -0.530. The van der Waals surface area contributed by atoms with Gasteiger partial charge in [-0.1, -0.05) is 23.2 Å². The van der Waals surface area contributed by atoms with E-state index < -0.39 is 15.0 Å². The van der Waals surface area contributed by atoms with Crippen molar-refractivity contribution in [3.8, 4) is 0 Å². The number of hydrogen-bond acceptors (Lipinski definition) is 4. The van der Waals surface area contributed by atoms with Gasteiger partial charge in [-0.25, -0.2) is 8.42 Å². The summed E-state index contributed by atoms with van der Waals surface area (Å²) in [7, 11) is 1.23. The van der Waals surface area contributed by atoms with Crippen LogP contribution in [0.15, 0.2) is 17.0 Å². The summed E-state index contributed by atoms with van der Waals surface area (Å²) in [5.74, 6) is -0.559. The number of halogens is 3. The van der Waals surface area contributed by atoms with Crippen LogP contribution in [0.5, 0.6) is 0 Å². The molecule has 1 N–H and O–H groups in total. The van der Waals surface area contributed by atoms with E-state index in [2.05, 4.69) is 5.32 Å². The molecule has 0 aromatic heterocycles. The fraction of sp³-hybridized carbons (Fsp3) is 0.417. The Labute approximate surface area is 137 Å². The maximum Gasteiger partial charge on any atom is 0.261 e. The normalized spacial score (nSPS) is 11.7. The van der Waals surface area contributed by atoms with Crippen LogP contribution in [0.25, 0.3) is 0 Å². The van der Waals surface area contributed by atoms with Gasteiger partial charge in [0.05, 0.1) is 33.2 Å². The van der Waals surface area contributed by atoms with Crippen LogP contribution in [0.1, 0.15) is 24.2 Å². The van der Waals surface area contributed by atoms with E-state index in [0.717, 1.165) is 12.1 Å². The van der Waals surface area contributed by atoms with E-state index in [9.17, 15) is 13.2 Å². The van der Waals surface area contributed by atoms with Crippen LogP contribution in [0.2, 0.25) is 10.0 Å². The van der Waals surface area contributed by atoms with Crippen LogP contribution in [0.4, 0.5) is 0 Å². The third kappa shape index (κ3) is 5.64. The maximum absolute atomic E-state index is 12.0. The highest BCUT2D eigenvalue weighted by atomic mass is 35.7. The first kappa shape index (κ1) is 18.5. The number of amides is 1. The first-order chi connectivity index (χ1) is 9.62. The minimum Gasteiger partial charge on any atom is -0.377 e. The van der Waals surface area contributed by atoms with E-state index >= 15 is 0 Å². The zero-order valence-corrected chi connectivity index (χ0v) is 14.4. The third-order valence-corrected chi connectivity index (χ3v) is 4.50. The molecule has 0 radical (unpaired) electrons. The second-order valence-electron chi connectivity index (χ2n) is 4.38. The Kier molecular flexibility index (Phi) is 6.74. The summed E-state index contributed by atoms with van der Waals surface area (Å²) < 4.78 is 27.9. The van der Waals surface area contributed by atoms with Crippen LogP contribution in [-0.2, 0) is 13.8 Å². The van der Waals surface area contributed by atoms with Gasteiger partial charge < -0.3 is 10.1 Å². The van der Waals surface area contributed by atoms with Crippen molar-refractivity contribution in [1.29, 1.82) is 0 Å². The summed E-state index contributed by atoms with van der Waals surface area (Å²) in [4.78, 5) is 11.7. The van der Waals surface area contributed by atoms with Gasteiger partial charge in [0.15, 0.2) is 0 Å². The molecule has 1 rings (SSSR count). The maximum atomic E-state index is 12.0. The van der Waals surface area contributed by atoms with Gasteiger partial charge in [0, 0.05) is 17.2 Å². The predicted molar refractivity (Wildman–Crippen MR) is 82.9 cm³/mol. The summed E-state index contributed by atoms with van der Waals surface area (Å²) >= 11 is 11.7. The van der Waals surface area contributed by atoms with Crippen LogP contribution in [0.3, 0.4) is 0 Å². The van der Waals surface area contributed by atoms with Gasteiger partial charge in [0.25, 0.3) is 15.0 Å².